The topological polar surface area (TPSA) is 85.4 Å². The van der Waals surface area contributed by atoms with Crippen LogP contribution < -0.4 is 5.32 Å². The number of nitrogens with zero attached hydrogens (tertiary/aromatic N) is 4. The van der Waals surface area contributed by atoms with Gasteiger partial charge in [0, 0.05) is 6.20 Å². The molecule has 1 unspecified atom stereocenters. The van der Waals surface area contributed by atoms with E-state index in [1.54, 1.807) is 24.4 Å². The van der Waals surface area contributed by atoms with E-state index in [2.05, 4.69) is 21.4 Å². The zero-order valence-electron chi connectivity index (χ0n) is 10.3. The Morgan fingerprint density at radius 1 is 1.11 bits per heavy atom. The summed E-state index contributed by atoms with van der Waals surface area (Å²) in [5.74, 6) is 0.413. The lowest BCUT2D eigenvalue weighted by molar-refractivity contribution is 0.859. The van der Waals surface area contributed by atoms with Crippen LogP contribution in [0.25, 0.3) is 0 Å². The fraction of sp³-hybridized carbons (Fsp3) is 0.143. The quantitative estimate of drug-likeness (QED) is 0.902. The molecule has 1 atom stereocenters. The van der Waals surface area contributed by atoms with E-state index in [0.29, 0.717) is 17.2 Å². The molecule has 1 aromatic carbocycles. The zero-order chi connectivity index (χ0) is 13.7. The van der Waals surface area contributed by atoms with Crippen molar-refractivity contribution < 1.29 is 0 Å². The lowest BCUT2D eigenvalue weighted by Gasteiger charge is -2.14. The van der Waals surface area contributed by atoms with Gasteiger partial charge in [0.05, 0.1) is 17.7 Å². The fourth-order valence-corrected chi connectivity index (χ4v) is 1.61. The SMILES string of the molecule is CC(Nc1nccc(C#N)n1)c1ccc(C#N)cc1. The Bertz CT molecular complexity index is 649. The van der Waals surface area contributed by atoms with E-state index >= 15 is 0 Å². The Morgan fingerprint density at radius 2 is 1.84 bits per heavy atom. The summed E-state index contributed by atoms with van der Waals surface area (Å²) >= 11 is 0. The van der Waals surface area contributed by atoms with Gasteiger partial charge in [0.15, 0.2) is 0 Å². The monoisotopic (exact) mass is 249 g/mol. The summed E-state index contributed by atoms with van der Waals surface area (Å²) < 4.78 is 0. The van der Waals surface area contributed by atoms with E-state index in [9.17, 15) is 0 Å². The minimum Gasteiger partial charge on any atom is -0.348 e. The molecule has 0 spiro atoms. The predicted octanol–water partition coefficient (Wildman–Crippen LogP) is 2.39. The van der Waals surface area contributed by atoms with Crippen LogP contribution in [0.5, 0.6) is 0 Å². The number of aromatic nitrogens is 2. The maximum Gasteiger partial charge on any atom is 0.224 e. The summed E-state index contributed by atoms with van der Waals surface area (Å²) in [4.78, 5) is 8.12. The molecular formula is C14H11N5. The molecular weight excluding hydrogens is 238 g/mol. The van der Waals surface area contributed by atoms with E-state index in [0.717, 1.165) is 5.56 Å². The van der Waals surface area contributed by atoms with Crippen molar-refractivity contribution in [2.24, 2.45) is 0 Å². The third kappa shape index (κ3) is 3.05. The first kappa shape index (κ1) is 12.5. The Balaban J connectivity index is 2.14. The molecule has 0 amide bonds. The zero-order valence-corrected chi connectivity index (χ0v) is 10.3. The molecule has 0 aliphatic heterocycles. The van der Waals surface area contributed by atoms with Crippen molar-refractivity contribution in [1.29, 1.82) is 10.5 Å². The van der Waals surface area contributed by atoms with Crippen molar-refractivity contribution in [3.05, 3.63) is 53.3 Å². The molecule has 0 fully saturated rings. The molecule has 2 aromatic rings. The van der Waals surface area contributed by atoms with Crippen molar-refractivity contribution in [3.8, 4) is 12.1 Å². The summed E-state index contributed by atoms with van der Waals surface area (Å²) in [6, 6.07) is 12.9. The summed E-state index contributed by atoms with van der Waals surface area (Å²) in [7, 11) is 0. The van der Waals surface area contributed by atoms with Crippen molar-refractivity contribution in [3.63, 3.8) is 0 Å². The van der Waals surface area contributed by atoms with Crippen molar-refractivity contribution in [2.45, 2.75) is 13.0 Å². The second-order valence-electron chi connectivity index (χ2n) is 3.98. The molecule has 0 aliphatic carbocycles. The molecule has 0 radical (unpaired) electrons. The van der Waals surface area contributed by atoms with E-state index in [1.807, 2.05) is 25.1 Å². The molecule has 1 aromatic heterocycles. The molecule has 0 saturated heterocycles. The number of hydrogen-bond donors (Lipinski definition) is 1. The second-order valence-corrected chi connectivity index (χ2v) is 3.98. The molecule has 1 heterocycles. The molecule has 19 heavy (non-hydrogen) atoms. The van der Waals surface area contributed by atoms with Gasteiger partial charge in [-0.1, -0.05) is 12.1 Å². The summed E-state index contributed by atoms with van der Waals surface area (Å²) in [5, 5.41) is 20.6. The van der Waals surface area contributed by atoms with Crippen molar-refractivity contribution in [1.82, 2.24) is 9.97 Å². The Kier molecular flexibility index (Phi) is 3.70. The average molecular weight is 249 g/mol. The molecule has 92 valence electrons. The minimum absolute atomic E-state index is 0.0123. The molecule has 0 bridgehead atoms. The van der Waals surface area contributed by atoms with Crippen LogP contribution in [0.3, 0.4) is 0 Å². The van der Waals surface area contributed by atoms with Crippen LogP contribution in [-0.4, -0.2) is 9.97 Å². The number of hydrogen-bond acceptors (Lipinski definition) is 5. The number of nitriles is 2. The first-order chi connectivity index (χ1) is 9.22. The van der Waals surface area contributed by atoms with Crippen LogP contribution in [0.15, 0.2) is 36.5 Å². The Hall–Kier alpha value is -2.92. The van der Waals surface area contributed by atoms with Gasteiger partial charge in [-0.3, -0.25) is 0 Å². The van der Waals surface area contributed by atoms with Crippen molar-refractivity contribution in [2.75, 3.05) is 5.32 Å². The number of benzene rings is 1. The maximum atomic E-state index is 8.77. The highest BCUT2D eigenvalue weighted by atomic mass is 15.1. The van der Waals surface area contributed by atoms with E-state index in [-0.39, 0.29) is 6.04 Å². The number of anilines is 1. The van der Waals surface area contributed by atoms with Gasteiger partial charge >= 0.3 is 0 Å². The van der Waals surface area contributed by atoms with Crippen LogP contribution in [0.4, 0.5) is 5.95 Å². The van der Waals surface area contributed by atoms with Gasteiger partial charge in [-0.15, -0.1) is 0 Å². The summed E-state index contributed by atoms with van der Waals surface area (Å²) in [5.41, 5.74) is 1.97. The second kappa shape index (κ2) is 5.61. The van der Waals surface area contributed by atoms with E-state index < -0.39 is 0 Å². The number of nitrogens with one attached hydrogen (secondary N) is 1. The van der Waals surface area contributed by atoms with Gasteiger partial charge < -0.3 is 5.32 Å². The third-order valence-corrected chi connectivity index (χ3v) is 2.66. The van der Waals surface area contributed by atoms with Crippen LogP contribution in [-0.2, 0) is 0 Å². The van der Waals surface area contributed by atoms with E-state index in [4.69, 9.17) is 10.5 Å². The number of rotatable bonds is 3. The Labute approximate surface area is 111 Å². The average Bonchev–Trinajstić information content (AvgIpc) is 2.47. The minimum atomic E-state index is -0.0123. The molecule has 2 rings (SSSR count). The highest BCUT2D eigenvalue weighted by Gasteiger charge is 2.07. The molecule has 1 N–H and O–H groups in total. The molecule has 5 nitrogen and oxygen atoms in total. The Morgan fingerprint density at radius 3 is 2.47 bits per heavy atom. The predicted molar refractivity (Wildman–Crippen MR) is 69.9 cm³/mol. The van der Waals surface area contributed by atoms with Crippen LogP contribution in [0.2, 0.25) is 0 Å². The molecule has 0 aliphatic rings. The fourth-order valence-electron chi connectivity index (χ4n) is 1.61. The highest BCUT2D eigenvalue weighted by Crippen LogP contribution is 2.17. The van der Waals surface area contributed by atoms with Crippen LogP contribution in [0, 0.1) is 22.7 Å². The lowest BCUT2D eigenvalue weighted by Crippen LogP contribution is -2.09. The van der Waals surface area contributed by atoms with Gasteiger partial charge in [-0.25, -0.2) is 9.97 Å². The van der Waals surface area contributed by atoms with Gasteiger partial charge in [0.25, 0.3) is 0 Å². The van der Waals surface area contributed by atoms with Crippen LogP contribution in [0.1, 0.15) is 29.8 Å². The first-order valence-corrected chi connectivity index (χ1v) is 5.72. The third-order valence-electron chi connectivity index (χ3n) is 2.66. The maximum absolute atomic E-state index is 8.77. The lowest BCUT2D eigenvalue weighted by atomic mass is 10.1. The summed E-state index contributed by atoms with van der Waals surface area (Å²) in [6.07, 6.45) is 1.54. The molecule has 5 heteroatoms. The van der Waals surface area contributed by atoms with E-state index in [1.165, 1.54) is 0 Å². The van der Waals surface area contributed by atoms with Gasteiger partial charge in [-0.2, -0.15) is 10.5 Å². The normalized spacial score (nSPS) is 11.1. The smallest absolute Gasteiger partial charge is 0.224 e. The van der Waals surface area contributed by atoms with Gasteiger partial charge in [-0.05, 0) is 30.7 Å². The van der Waals surface area contributed by atoms with Gasteiger partial charge in [0.1, 0.15) is 11.8 Å². The van der Waals surface area contributed by atoms with Crippen LogP contribution >= 0.6 is 0 Å². The largest absolute Gasteiger partial charge is 0.348 e. The highest BCUT2D eigenvalue weighted by molar-refractivity contribution is 5.37. The standard InChI is InChI=1S/C14H11N5/c1-10(12-4-2-11(8-15)3-5-12)18-14-17-7-6-13(9-16)19-14/h2-7,10H,1H3,(H,17,18,19). The first-order valence-electron chi connectivity index (χ1n) is 5.72. The van der Waals surface area contributed by atoms with Gasteiger partial charge in [0.2, 0.25) is 5.95 Å². The summed E-state index contributed by atoms with van der Waals surface area (Å²) in [6.45, 7) is 1.96. The molecule has 0 saturated carbocycles. The van der Waals surface area contributed by atoms with Crippen molar-refractivity contribution >= 4 is 5.95 Å².